The van der Waals surface area contributed by atoms with E-state index in [-0.39, 0.29) is 6.10 Å². The molecule has 0 unspecified atom stereocenters. The van der Waals surface area contributed by atoms with E-state index in [1.165, 1.54) is 24.2 Å². The van der Waals surface area contributed by atoms with Gasteiger partial charge < -0.3 is 5.11 Å². The molecule has 0 aromatic heterocycles. The molecular formula is C13H18OS. The van der Waals surface area contributed by atoms with Crippen LogP contribution in [0.25, 0.3) is 0 Å². The zero-order valence-corrected chi connectivity index (χ0v) is 9.75. The Morgan fingerprint density at radius 2 is 1.73 bits per heavy atom. The fraction of sp³-hybridized carbons (Fsp3) is 0.538. The van der Waals surface area contributed by atoms with E-state index >= 15 is 0 Å². The Balaban J connectivity index is 1.97. The largest absolute Gasteiger partial charge is 0.392 e. The maximum atomic E-state index is 9.99. The predicted molar refractivity (Wildman–Crippen MR) is 65.2 cm³/mol. The van der Waals surface area contributed by atoms with Crippen LogP contribution in [0, 0.1) is 0 Å². The van der Waals surface area contributed by atoms with E-state index in [4.69, 9.17) is 0 Å². The van der Waals surface area contributed by atoms with Crippen LogP contribution in [0.4, 0.5) is 0 Å². The molecule has 0 saturated heterocycles. The van der Waals surface area contributed by atoms with Crippen molar-refractivity contribution in [2.24, 2.45) is 0 Å². The quantitative estimate of drug-likeness (QED) is 0.773. The highest BCUT2D eigenvalue weighted by molar-refractivity contribution is 8.00. The topological polar surface area (TPSA) is 20.2 Å². The highest BCUT2D eigenvalue weighted by atomic mass is 32.2. The molecule has 2 atom stereocenters. The molecule has 0 radical (unpaired) electrons. The molecule has 0 aliphatic heterocycles. The lowest BCUT2D eigenvalue weighted by Gasteiger charge is -2.19. The summed E-state index contributed by atoms with van der Waals surface area (Å²) in [4.78, 5) is 1.28. The van der Waals surface area contributed by atoms with Crippen LogP contribution in [0.2, 0.25) is 0 Å². The van der Waals surface area contributed by atoms with Gasteiger partial charge in [0.15, 0.2) is 0 Å². The number of hydrogen-bond acceptors (Lipinski definition) is 2. The first-order valence-electron chi connectivity index (χ1n) is 5.76. The lowest BCUT2D eigenvalue weighted by molar-refractivity contribution is 0.163. The Morgan fingerprint density at radius 3 is 2.53 bits per heavy atom. The summed E-state index contributed by atoms with van der Waals surface area (Å²) in [5.41, 5.74) is 0. The second kappa shape index (κ2) is 5.57. The molecule has 0 amide bonds. The lowest BCUT2D eigenvalue weighted by Crippen LogP contribution is -2.20. The summed E-state index contributed by atoms with van der Waals surface area (Å²) in [5, 5.41) is 10.4. The van der Waals surface area contributed by atoms with Gasteiger partial charge in [0, 0.05) is 10.1 Å². The van der Waals surface area contributed by atoms with Crippen LogP contribution < -0.4 is 0 Å². The van der Waals surface area contributed by atoms with Crippen molar-refractivity contribution >= 4 is 11.8 Å². The van der Waals surface area contributed by atoms with Crippen molar-refractivity contribution < 1.29 is 5.11 Å². The summed E-state index contributed by atoms with van der Waals surface area (Å²) in [6, 6.07) is 10.4. The molecule has 1 nitrogen and oxygen atoms in total. The number of benzene rings is 1. The van der Waals surface area contributed by atoms with Gasteiger partial charge in [-0.15, -0.1) is 11.8 Å². The third-order valence-corrected chi connectivity index (χ3v) is 4.35. The van der Waals surface area contributed by atoms with Crippen molar-refractivity contribution in [2.45, 2.75) is 48.4 Å². The summed E-state index contributed by atoms with van der Waals surface area (Å²) in [7, 11) is 0. The fourth-order valence-electron chi connectivity index (χ4n) is 2.07. The maximum absolute atomic E-state index is 9.99. The molecule has 1 N–H and O–H groups in total. The zero-order valence-electron chi connectivity index (χ0n) is 8.93. The van der Waals surface area contributed by atoms with Gasteiger partial charge in [0.1, 0.15) is 0 Å². The highest BCUT2D eigenvalue weighted by Crippen LogP contribution is 2.32. The van der Waals surface area contributed by atoms with E-state index in [1.807, 2.05) is 17.8 Å². The highest BCUT2D eigenvalue weighted by Gasteiger charge is 2.22. The Bertz CT molecular complexity index is 286. The van der Waals surface area contributed by atoms with Crippen molar-refractivity contribution in [1.29, 1.82) is 0 Å². The fourth-order valence-corrected chi connectivity index (χ4v) is 3.31. The van der Waals surface area contributed by atoms with E-state index in [9.17, 15) is 5.11 Å². The third-order valence-electron chi connectivity index (χ3n) is 2.95. The lowest BCUT2D eigenvalue weighted by atomic mass is 10.1. The van der Waals surface area contributed by atoms with Crippen molar-refractivity contribution in [3.05, 3.63) is 30.3 Å². The average Bonchev–Trinajstić information content (AvgIpc) is 2.46. The van der Waals surface area contributed by atoms with Gasteiger partial charge in [0.25, 0.3) is 0 Å². The van der Waals surface area contributed by atoms with E-state index < -0.39 is 0 Å². The van der Waals surface area contributed by atoms with Crippen LogP contribution in [-0.4, -0.2) is 16.5 Å². The molecule has 2 rings (SSSR count). The minimum atomic E-state index is -0.113. The van der Waals surface area contributed by atoms with Crippen LogP contribution in [0.15, 0.2) is 35.2 Å². The number of thioether (sulfide) groups is 1. The average molecular weight is 222 g/mol. The molecule has 15 heavy (non-hydrogen) atoms. The van der Waals surface area contributed by atoms with Crippen molar-refractivity contribution in [3.63, 3.8) is 0 Å². The van der Waals surface area contributed by atoms with Crippen LogP contribution in [0.3, 0.4) is 0 Å². The van der Waals surface area contributed by atoms with E-state index in [0.717, 1.165) is 12.8 Å². The molecule has 1 aromatic carbocycles. The van der Waals surface area contributed by atoms with E-state index in [1.54, 1.807) is 0 Å². The molecule has 2 heteroatoms. The SMILES string of the molecule is O[C@@H]1CCCCC[C@H]1Sc1ccccc1. The van der Waals surface area contributed by atoms with E-state index in [0.29, 0.717) is 5.25 Å². The summed E-state index contributed by atoms with van der Waals surface area (Å²) < 4.78 is 0. The van der Waals surface area contributed by atoms with Gasteiger partial charge >= 0.3 is 0 Å². The van der Waals surface area contributed by atoms with Crippen molar-refractivity contribution in [2.75, 3.05) is 0 Å². The van der Waals surface area contributed by atoms with Crippen LogP contribution in [0.5, 0.6) is 0 Å². The van der Waals surface area contributed by atoms with Crippen LogP contribution >= 0.6 is 11.8 Å². The van der Waals surface area contributed by atoms with Crippen LogP contribution in [-0.2, 0) is 0 Å². The smallest absolute Gasteiger partial charge is 0.0662 e. The number of rotatable bonds is 2. The molecule has 1 aliphatic rings. The second-order valence-electron chi connectivity index (χ2n) is 4.17. The van der Waals surface area contributed by atoms with E-state index in [2.05, 4.69) is 24.3 Å². The Morgan fingerprint density at radius 1 is 1.00 bits per heavy atom. The third kappa shape index (κ3) is 3.25. The molecule has 82 valence electrons. The normalized spacial score (nSPS) is 27.3. The Labute approximate surface area is 95.9 Å². The Kier molecular flexibility index (Phi) is 4.09. The second-order valence-corrected chi connectivity index (χ2v) is 5.49. The molecule has 1 fully saturated rings. The minimum absolute atomic E-state index is 0.113. The van der Waals surface area contributed by atoms with Gasteiger partial charge in [-0.25, -0.2) is 0 Å². The predicted octanol–water partition coefficient (Wildman–Crippen LogP) is 3.47. The molecule has 0 heterocycles. The van der Waals surface area contributed by atoms with Gasteiger partial charge in [0.05, 0.1) is 6.10 Å². The summed E-state index contributed by atoms with van der Waals surface area (Å²) in [6.07, 6.45) is 5.75. The molecule has 1 aromatic rings. The van der Waals surface area contributed by atoms with Gasteiger partial charge in [-0.3, -0.25) is 0 Å². The van der Waals surface area contributed by atoms with Gasteiger partial charge in [-0.05, 0) is 25.0 Å². The van der Waals surface area contributed by atoms with Crippen molar-refractivity contribution in [3.8, 4) is 0 Å². The number of hydrogen-bond donors (Lipinski definition) is 1. The van der Waals surface area contributed by atoms with Gasteiger partial charge in [-0.2, -0.15) is 0 Å². The number of aliphatic hydroxyl groups excluding tert-OH is 1. The molecule has 1 saturated carbocycles. The molecule has 1 aliphatic carbocycles. The standard InChI is InChI=1S/C13H18OS/c14-12-9-5-2-6-10-13(12)15-11-7-3-1-4-8-11/h1,3-4,7-8,12-14H,2,5-6,9-10H2/t12-,13-/m1/s1. The minimum Gasteiger partial charge on any atom is -0.392 e. The molecule has 0 bridgehead atoms. The Hall–Kier alpha value is -0.470. The van der Waals surface area contributed by atoms with Gasteiger partial charge in [0.2, 0.25) is 0 Å². The van der Waals surface area contributed by atoms with Gasteiger partial charge in [-0.1, -0.05) is 37.5 Å². The summed E-state index contributed by atoms with van der Waals surface area (Å²) >= 11 is 1.84. The van der Waals surface area contributed by atoms with Crippen molar-refractivity contribution in [1.82, 2.24) is 0 Å². The zero-order chi connectivity index (χ0) is 10.5. The first-order chi connectivity index (χ1) is 7.36. The summed E-state index contributed by atoms with van der Waals surface area (Å²) in [5.74, 6) is 0. The summed E-state index contributed by atoms with van der Waals surface area (Å²) in [6.45, 7) is 0. The monoisotopic (exact) mass is 222 g/mol. The first-order valence-corrected chi connectivity index (χ1v) is 6.64. The molecule has 0 spiro atoms. The first kappa shape index (κ1) is 11.0. The number of aliphatic hydroxyl groups is 1. The van der Waals surface area contributed by atoms with Crippen LogP contribution in [0.1, 0.15) is 32.1 Å². The molecular weight excluding hydrogens is 204 g/mol. The maximum Gasteiger partial charge on any atom is 0.0662 e.